The van der Waals surface area contributed by atoms with Crippen LogP contribution in [0.3, 0.4) is 0 Å². The molecule has 17 heteroatoms. The van der Waals surface area contributed by atoms with Crippen molar-refractivity contribution in [2.45, 2.75) is 59.3 Å². The molecule has 5 unspecified atom stereocenters. The summed E-state index contributed by atoms with van der Waals surface area (Å²) >= 11 is 0. The zero-order valence-electron chi connectivity index (χ0n) is 41.0. The number of halogens is 1. The molecule has 0 spiro atoms. The zero-order chi connectivity index (χ0) is 52.7. The van der Waals surface area contributed by atoms with Gasteiger partial charge in [-0.05, 0) is 171 Å². The van der Waals surface area contributed by atoms with Gasteiger partial charge in [0.05, 0.1) is 44.2 Å². The molecule has 2 fully saturated rings. The van der Waals surface area contributed by atoms with Crippen molar-refractivity contribution >= 4 is 48.2 Å². The third-order valence-corrected chi connectivity index (χ3v) is 12.2. The molecule has 5 atom stereocenters. The highest BCUT2D eigenvalue weighted by atomic mass is 19.1. The van der Waals surface area contributed by atoms with E-state index in [2.05, 4.69) is 27.0 Å². The Bertz CT molecular complexity index is 2570. The van der Waals surface area contributed by atoms with Crippen LogP contribution in [0.4, 0.5) is 14.0 Å². The van der Waals surface area contributed by atoms with Gasteiger partial charge in [-0.15, -0.1) is 0 Å². The second kappa shape index (κ2) is 28.7. The summed E-state index contributed by atoms with van der Waals surface area (Å²) in [5, 5.41) is 0. The molecule has 386 valence electrons. The highest BCUT2D eigenvalue weighted by molar-refractivity contribution is 5.92. The predicted molar refractivity (Wildman–Crippen MR) is 263 cm³/mol. The molecule has 0 saturated heterocycles. The Morgan fingerprint density at radius 3 is 1.53 bits per heavy atom. The third kappa shape index (κ3) is 18.6. The van der Waals surface area contributed by atoms with Crippen LogP contribution in [-0.2, 0) is 38.1 Å². The minimum atomic E-state index is -0.927. The fourth-order valence-corrected chi connectivity index (χ4v) is 8.14. The number of ether oxygens (including phenoxy) is 9. The minimum Gasteiger partial charge on any atom is -0.463 e. The van der Waals surface area contributed by atoms with Crippen LogP contribution in [0.1, 0.15) is 84.2 Å². The van der Waals surface area contributed by atoms with E-state index in [0.717, 1.165) is 35.5 Å². The molecule has 2 saturated carbocycles. The van der Waals surface area contributed by atoms with Crippen LogP contribution in [0.5, 0.6) is 23.0 Å². The first kappa shape index (κ1) is 55.8. The molecule has 4 aromatic carbocycles. The van der Waals surface area contributed by atoms with Crippen molar-refractivity contribution < 1.29 is 80.6 Å². The maximum absolute atomic E-state index is 12.8. The van der Waals surface area contributed by atoms with E-state index >= 15 is 0 Å². The van der Waals surface area contributed by atoms with Crippen molar-refractivity contribution in [1.29, 1.82) is 0 Å². The summed E-state index contributed by atoms with van der Waals surface area (Å²) < 4.78 is 58.9. The quantitative estimate of drug-likeness (QED) is 0.0179. The maximum Gasteiger partial charge on any atom is 0.513 e. The number of hydrogen-bond acceptors (Lipinski definition) is 16. The third-order valence-electron chi connectivity index (χ3n) is 12.2. The molecule has 0 N–H and O–H groups in total. The Balaban J connectivity index is 0.000000370. The van der Waals surface area contributed by atoms with Gasteiger partial charge >= 0.3 is 42.2 Å². The molecule has 4 aromatic rings. The van der Waals surface area contributed by atoms with E-state index in [4.69, 9.17) is 42.6 Å². The highest BCUT2D eigenvalue weighted by Gasteiger charge is 2.48. The van der Waals surface area contributed by atoms with Crippen LogP contribution in [0, 0.1) is 42.3 Å². The SMILES string of the molecule is C=CC(=O)OCCCCOC(=O)Oc1ccc(C(=O)Oc2ccc(OC(=O)c3ccc(OC(=O)OCCCCOC(=O)C=C)cc3)c(C)c2)cc1.CC1C2CC(COC(=O)/C=C/c3ccc(F)cc3)C(C2)C1C. The summed E-state index contributed by atoms with van der Waals surface area (Å²) in [5.74, 6) is 1.36. The average molecular weight is 1010 g/mol. The van der Waals surface area contributed by atoms with E-state index in [1.54, 1.807) is 25.1 Å². The van der Waals surface area contributed by atoms with E-state index in [1.807, 2.05) is 0 Å². The standard InChI is InChI=1S/C37H36O14.C19H23FO2/c1-4-32(38)44-20-6-8-22-46-36(42)49-28-14-10-26(11-15-28)34(40)48-30-18-19-31(25(3)24-30)51-35(41)27-12-16-29(17-13-27)50-37(43)47-23-9-7-21-45-33(39)5-2;1-12-13(2)18-10-15(12)9-16(18)11-22-19(21)8-5-14-3-6-17(20)7-4-14/h4-5,10-19,24H,1-2,6-9,20-23H2,3H3;3-8,12-13,15-16,18H,9-11H2,1-2H3/b;8-5+. The monoisotopic (exact) mass is 1010 g/mol. The van der Waals surface area contributed by atoms with Crippen molar-refractivity contribution in [2.24, 2.45) is 29.6 Å². The fourth-order valence-electron chi connectivity index (χ4n) is 8.14. The number of fused-ring (bicyclic) bond motifs is 2. The van der Waals surface area contributed by atoms with Gasteiger partial charge in [0.2, 0.25) is 0 Å². The Morgan fingerprint density at radius 2 is 1.05 bits per heavy atom. The van der Waals surface area contributed by atoms with Gasteiger partial charge in [0.15, 0.2) is 0 Å². The molecule has 2 aliphatic carbocycles. The van der Waals surface area contributed by atoms with Gasteiger partial charge in [-0.1, -0.05) is 39.1 Å². The van der Waals surface area contributed by atoms with Gasteiger partial charge in [0.1, 0.15) is 28.8 Å². The first-order valence-corrected chi connectivity index (χ1v) is 23.8. The Labute approximate surface area is 423 Å². The Hall–Kier alpha value is -8.08. The minimum absolute atomic E-state index is 0.0665. The molecular formula is C56H59FO16. The summed E-state index contributed by atoms with van der Waals surface area (Å²) in [5.41, 5.74) is 1.67. The van der Waals surface area contributed by atoms with Gasteiger partial charge in [-0.3, -0.25) is 0 Å². The van der Waals surface area contributed by atoms with Crippen molar-refractivity contribution in [2.75, 3.05) is 33.0 Å². The summed E-state index contributed by atoms with van der Waals surface area (Å²) in [6, 6.07) is 21.8. The number of carbonyl (C=O) groups is 7. The molecule has 73 heavy (non-hydrogen) atoms. The van der Waals surface area contributed by atoms with Crippen molar-refractivity contribution in [3.8, 4) is 23.0 Å². The van der Waals surface area contributed by atoms with E-state index in [-0.39, 0.29) is 72.3 Å². The molecule has 0 radical (unpaired) electrons. The van der Waals surface area contributed by atoms with E-state index in [9.17, 15) is 38.0 Å². The van der Waals surface area contributed by atoms with E-state index < -0.39 is 36.2 Å². The number of benzene rings is 4. The fraction of sp³-hybridized carbons (Fsp3) is 0.339. The molecule has 2 bridgehead atoms. The smallest absolute Gasteiger partial charge is 0.463 e. The lowest BCUT2D eigenvalue weighted by Crippen LogP contribution is -2.28. The lowest BCUT2D eigenvalue weighted by Gasteiger charge is -2.31. The largest absolute Gasteiger partial charge is 0.513 e. The lowest BCUT2D eigenvalue weighted by atomic mass is 9.76. The van der Waals surface area contributed by atoms with Crippen LogP contribution in [0.25, 0.3) is 6.08 Å². The van der Waals surface area contributed by atoms with E-state index in [0.29, 0.717) is 49.7 Å². The molecule has 2 aliphatic rings. The van der Waals surface area contributed by atoms with Gasteiger partial charge in [0, 0.05) is 18.2 Å². The number of carbonyl (C=O) groups excluding carboxylic acids is 7. The lowest BCUT2D eigenvalue weighted by molar-refractivity contribution is -0.140. The molecule has 0 aliphatic heterocycles. The van der Waals surface area contributed by atoms with Crippen LogP contribution < -0.4 is 18.9 Å². The van der Waals surface area contributed by atoms with E-state index in [1.165, 1.54) is 97.8 Å². The van der Waals surface area contributed by atoms with Gasteiger partial charge in [-0.2, -0.15) is 0 Å². The predicted octanol–water partition coefficient (Wildman–Crippen LogP) is 10.8. The zero-order valence-corrected chi connectivity index (χ0v) is 41.0. The number of hydrogen-bond donors (Lipinski definition) is 0. The normalized spacial score (nSPS) is 17.2. The van der Waals surface area contributed by atoms with Crippen LogP contribution in [0.15, 0.2) is 122 Å². The second-order valence-corrected chi connectivity index (χ2v) is 17.2. The first-order valence-electron chi connectivity index (χ1n) is 23.8. The van der Waals surface area contributed by atoms with Crippen LogP contribution >= 0.6 is 0 Å². The summed E-state index contributed by atoms with van der Waals surface area (Å²) in [6.45, 7) is 14.0. The van der Waals surface area contributed by atoms with Gasteiger partial charge < -0.3 is 42.6 Å². The molecule has 6 rings (SSSR count). The summed E-state index contributed by atoms with van der Waals surface area (Å²) in [4.78, 5) is 82.9. The topological polar surface area (TPSA) is 203 Å². The Morgan fingerprint density at radius 1 is 0.562 bits per heavy atom. The molecule has 0 amide bonds. The molecular weight excluding hydrogens is 948 g/mol. The summed E-state index contributed by atoms with van der Waals surface area (Å²) in [6.07, 6.45) is 7.76. The van der Waals surface area contributed by atoms with Crippen LogP contribution in [-0.4, -0.2) is 75.2 Å². The number of aryl methyl sites for hydroxylation is 1. The number of esters is 5. The van der Waals surface area contributed by atoms with Crippen LogP contribution in [0.2, 0.25) is 0 Å². The first-order chi connectivity index (χ1) is 35.1. The maximum atomic E-state index is 12.8. The van der Waals surface area contributed by atoms with Gasteiger partial charge in [-0.25, -0.2) is 38.0 Å². The highest BCUT2D eigenvalue weighted by Crippen LogP contribution is 2.55. The van der Waals surface area contributed by atoms with Gasteiger partial charge in [0.25, 0.3) is 0 Å². The second-order valence-electron chi connectivity index (χ2n) is 17.2. The molecule has 0 aromatic heterocycles. The molecule has 16 nitrogen and oxygen atoms in total. The van der Waals surface area contributed by atoms with Crippen molar-refractivity contribution in [3.05, 3.63) is 150 Å². The molecule has 0 heterocycles. The Kier molecular flexibility index (Phi) is 21.9. The number of rotatable bonds is 22. The summed E-state index contributed by atoms with van der Waals surface area (Å²) in [7, 11) is 0. The number of unbranched alkanes of at least 4 members (excludes halogenated alkanes) is 2. The van der Waals surface area contributed by atoms with Crippen molar-refractivity contribution in [3.63, 3.8) is 0 Å². The average Bonchev–Trinajstić information content (AvgIpc) is 3.93. The van der Waals surface area contributed by atoms with Crippen molar-refractivity contribution in [1.82, 2.24) is 0 Å².